The van der Waals surface area contributed by atoms with Crippen molar-refractivity contribution in [1.29, 1.82) is 0 Å². The first-order chi connectivity index (χ1) is 8.27. The van der Waals surface area contributed by atoms with Crippen molar-refractivity contribution < 1.29 is 4.74 Å². The molecule has 1 saturated carbocycles. The van der Waals surface area contributed by atoms with Crippen LogP contribution in [0.3, 0.4) is 0 Å². The average molecular weight is 240 g/mol. The van der Waals surface area contributed by atoms with E-state index in [1.165, 1.54) is 32.1 Å². The van der Waals surface area contributed by atoms with Crippen molar-refractivity contribution in [2.45, 2.75) is 64.1 Å². The lowest BCUT2D eigenvalue weighted by atomic mass is 9.95. The van der Waals surface area contributed by atoms with Crippen LogP contribution < -0.4 is 5.32 Å². The number of morpholine rings is 1. The van der Waals surface area contributed by atoms with Crippen LogP contribution in [0.2, 0.25) is 0 Å². The molecular weight excluding hydrogens is 212 g/mol. The summed E-state index contributed by atoms with van der Waals surface area (Å²) < 4.78 is 5.49. The Morgan fingerprint density at radius 3 is 2.76 bits per heavy atom. The van der Waals surface area contributed by atoms with Gasteiger partial charge in [-0.1, -0.05) is 19.3 Å². The molecule has 1 saturated heterocycles. The van der Waals surface area contributed by atoms with Crippen molar-refractivity contribution in [2.24, 2.45) is 0 Å². The Morgan fingerprint density at radius 1 is 1.29 bits per heavy atom. The van der Waals surface area contributed by atoms with Crippen LogP contribution in [0.1, 0.15) is 46.0 Å². The molecule has 0 spiro atoms. The van der Waals surface area contributed by atoms with E-state index in [9.17, 15) is 0 Å². The van der Waals surface area contributed by atoms with Gasteiger partial charge < -0.3 is 10.1 Å². The molecule has 100 valence electrons. The topological polar surface area (TPSA) is 24.5 Å². The maximum absolute atomic E-state index is 5.49. The SMILES string of the molecule is CC(CNC1CCCCC1)N1CCOCC1C. The van der Waals surface area contributed by atoms with Crippen molar-refractivity contribution in [3.63, 3.8) is 0 Å². The van der Waals surface area contributed by atoms with E-state index >= 15 is 0 Å². The van der Waals surface area contributed by atoms with E-state index in [1.807, 2.05) is 0 Å². The molecule has 3 nitrogen and oxygen atoms in total. The van der Waals surface area contributed by atoms with Crippen LogP contribution in [0.25, 0.3) is 0 Å². The molecule has 1 N–H and O–H groups in total. The highest BCUT2D eigenvalue weighted by molar-refractivity contribution is 4.80. The lowest BCUT2D eigenvalue weighted by molar-refractivity contribution is -0.0186. The monoisotopic (exact) mass is 240 g/mol. The number of rotatable bonds is 4. The Balaban J connectivity index is 1.70. The summed E-state index contributed by atoms with van der Waals surface area (Å²) in [5.41, 5.74) is 0. The van der Waals surface area contributed by atoms with E-state index in [0.29, 0.717) is 12.1 Å². The van der Waals surface area contributed by atoms with Gasteiger partial charge >= 0.3 is 0 Å². The Bertz CT molecular complexity index is 216. The summed E-state index contributed by atoms with van der Waals surface area (Å²) >= 11 is 0. The maximum atomic E-state index is 5.49. The van der Waals surface area contributed by atoms with Gasteiger partial charge in [0, 0.05) is 31.2 Å². The third-order valence-corrected chi connectivity index (χ3v) is 4.29. The van der Waals surface area contributed by atoms with Gasteiger partial charge in [0.25, 0.3) is 0 Å². The Kier molecular flexibility index (Phi) is 5.26. The van der Waals surface area contributed by atoms with E-state index in [0.717, 1.165) is 32.3 Å². The highest BCUT2D eigenvalue weighted by atomic mass is 16.5. The van der Waals surface area contributed by atoms with E-state index in [1.54, 1.807) is 0 Å². The standard InChI is InChI=1S/C14H28N2O/c1-12(16-8-9-17-11-13(16)2)10-15-14-6-4-3-5-7-14/h12-15H,3-11H2,1-2H3. The van der Waals surface area contributed by atoms with E-state index < -0.39 is 0 Å². The lowest BCUT2D eigenvalue weighted by Gasteiger charge is -2.38. The second-order valence-corrected chi connectivity index (χ2v) is 5.75. The molecule has 2 unspecified atom stereocenters. The van der Waals surface area contributed by atoms with Gasteiger partial charge in [0.15, 0.2) is 0 Å². The first-order valence-corrected chi connectivity index (χ1v) is 7.34. The van der Waals surface area contributed by atoms with Crippen LogP contribution in [-0.4, -0.2) is 49.3 Å². The van der Waals surface area contributed by atoms with E-state index in [-0.39, 0.29) is 0 Å². The van der Waals surface area contributed by atoms with Gasteiger partial charge in [0.1, 0.15) is 0 Å². The molecule has 0 radical (unpaired) electrons. The van der Waals surface area contributed by atoms with Gasteiger partial charge in [-0.05, 0) is 26.7 Å². The number of hydrogen-bond donors (Lipinski definition) is 1. The molecule has 0 bridgehead atoms. The maximum Gasteiger partial charge on any atom is 0.0619 e. The first-order valence-electron chi connectivity index (χ1n) is 7.34. The minimum Gasteiger partial charge on any atom is -0.379 e. The molecule has 1 aliphatic heterocycles. The second-order valence-electron chi connectivity index (χ2n) is 5.75. The molecule has 1 aliphatic carbocycles. The van der Waals surface area contributed by atoms with Crippen molar-refractivity contribution in [3.05, 3.63) is 0 Å². The third kappa shape index (κ3) is 3.94. The van der Waals surface area contributed by atoms with Gasteiger partial charge in [-0.25, -0.2) is 0 Å². The summed E-state index contributed by atoms with van der Waals surface area (Å²) in [5.74, 6) is 0. The number of nitrogens with one attached hydrogen (secondary N) is 1. The van der Waals surface area contributed by atoms with Crippen LogP contribution in [0.4, 0.5) is 0 Å². The predicted octanol–water partition coefficient (Wildman–Crippen LogP) is 2.02. The largest absolute Gasteiger partial charge is 0.379 e. The Hall–Kier alpha value is -0.120. The van der Waals surface area contributed by atoms with Crippen LogP contribution in [0.15, 0.2) is 0 Å². The summed E-state index contributed by atoms with van der Waals surface area (Å²) in [6, 6.07) is 1.99. The fourth-order valence-corrected chi connectivity index (χ4v) is 3.16. The molecule has 2 atom stereocenters. The first kappa shape index (κ1) is 13.3. The predicted molar refractivity (Wildman–Crippen MR) is 71.3 cm³/mol. The van der Waals surface area contributed by atoms with Crippen LogP contribution in [0.5, 0.6) is 0 Å². The zero-order chi connectivity index (χ0) is 12.1. The van der Waals surface area contributed by atoms with E-state index in [2.05, 4.69) is 24.1 Å². The van der Waals surface area contributed by atoms with Gasteiger partial charge in [-0.3, -0.25) is 4.90 Å². The zero-order valence-corrected chi connectivity index (χ0v) is 11.5. The van der Waals surface area contributed by atoms with Crippen molar-refractivity contribution >= 4 is 0 Å². The fraction of sp³-hybridized carbons (Fsp3) is 1.00. The van der Waals surface area contributed by atoms with Gasteiger partial charge in [0.2, 0.25) is 0 Å². The summed E-state index contributed by atoms with van der Waals surface area (Å²) in [5, 5.41) is 3.76. The minimum atomic E-state index is 0.576. The van der Waals surface area contributed by atoms with Gasteiger partial charge in [-0.15, -0.1) is 0 Å². The van der Waals surface area contributed by atoms with Gasteiger partial charge in [0.05, 0.1) is 13.2 Å². The summed E-state index contributed by atoms with van der Waals surface area (Å²) in [6.07, 6.45) is 7.03. The molecule has 3 heteroatoms. The molecule has 2 rings (SSSR count). The molecule has 0 aromatic rings. The molecule has 0 aromatic carbocycles. The Morgan fingerprint density at radius 2 is 2.06 bits per heavy atom. The zero-order valence-electron chi connectivity index (χ0n) is 11.5. The second kappa shape index (κ2) is 6.72. The molecule has 0 amide bonds. The van der Waals surface area contributed by atoms with Crippen molar-refractivity contribution in [2.75, 3.05) is 26.3 Å². The molecule has 2 aliphatic rings. The molecule has 2 fully saturated rings. The highest BCUT2D eigenvalue weighted by Crippen LogP contribution is 2.18. The van der Waals surface area contributed by atoms with Gasteiger partial charge in [-0.2, -0.15) is 0 Å². The van der Waals surface area contributed by atoms with Crippen LogP contribution in [0, 0.1) is 0 Å². The Labute approximate surface area is 106 Å². The normalized spacial score (nSPS) is 30.4. The quantitative estimate of drug-likeness (QED) is 0.813. The third-order valence-electron chi connectivity index (χ3n) is 4.29. The number of nitrogens with zero attached hydrogens (tertiary/aromatic N) is 1. The summed E-state index contributed by atoms with van der Waals surface area (Å²) in [7, 11) is 0. The van der Waals surface area contributed by atoms with Crippen LogP contribution in [-0.2, 0) is 4.74 Å². The fourth-order valence-electron chi connectivity index (χ4n) is 3.16. The minimum absolute atomic E-state index is 0.576. The van der Waals surface area contributed by atoms with Crippen molar-refractivity contribution in [3.8, 4) is 0 Å². The smallest absolute Gasteiger partial charge is 0.0619 e. The molecule has 17 heavy (non-hydrogen) atoms. The summed E-state index contributed by atoms with van der Waals surface area (Å²) in [4.78, 5) is 2.58. The van der Waals surface area contributed by atoms with Crippen LogP contribution >= 0.6 is 0 Å². The number of hydrogen-bond acceptors (Lipinski definition) is 3. The molecular formula is C14H28N2O. The average Bonchev–Trinajstić information content (AvgIpc) is 2.38. The molecule has 1 heterocycles. The molecule has 0 aromatic heterocycles. The lowest BCUT2D eigenvalue weighted by Crippen LogP contribution is -2.52. The summed E-state index contributed by atoms with van der Waals surface area (Å²) in [6.45, 7) is 8.64. The number of ether oxygens (including phenoxy) is 1. The van der Waals surface area contributed by atoms with Crippen molar-refractivity contribution in [1.82, 2.24) is 10.2 Å². The highest BCUT2D eigenvalue weighted by Gasteiger charge is 2.24. The van der Waals surface area contributed by atoms with E-state index in [4.69, 9.17) is 4.74 Å².